The van der Waals surface area contributed by atoms with Crippen molar-refractivity contribution in [1.82, 2.24) is 0 Å². The fourth-order valence-corrected chi connectivity index (χ4v) is 1.11. The van der Waals surface area contributed by atoms with E-state index in [0.717, 1.165) is 0 Å². The number of ether oxygens (including phenoxy) is 3. The van der Waals surface area contributed by atoms with Crippen LogP contribution in [0.25, 0.3) is 0 Å². The molecule has 0 rings (SSSR count). The standard InChI is InChI=1S/C9H18O7/c1-3-7(8(13)6(12)4-10)16-9(14-2)15-5-11/h5-10,12-13H,3-4H2,1-2H3. The Morgan fingerprint density at radius 3 is 2.38 bits per heavy atom. The number of aliphatic hydroxyl groups excluding tert-OH is 3. The minimum atomic E-state index is -1.32. The molecular formula is C9H18O7. The molecule has 0 aromatic rings. The lowest BCUT2D eigenvalue weighted by Gasteiger charge is -2.27. The maximum Gasteiger partial charge on any atom is 0.318 e. The number of hydrogen-bond acceptors (Lipinski definition) is 7. The molecule has 4 atom stereocenters. The summed E-state index contributed by atoms with van der Waals surface area (Å²) in [6.45, 7) is 0.0113. The van der Waals surface area contributed by atoms with E-state index in [0.29, 0.717) is 6.42 Å². The van der Waals surface area contributed by atoms with E-state index in [4.69, 9.17) is 9.84 Å². The van der Waals surface area contributed by atoms with Crippen molar-refractivity contribution in [3.8, 4) is 0 Å². The molecule has 4 unspecified atom stereocenters. The number of carbonyl (C=O) groups excluding carboxylic acids is 1. The van der Waals surface area contributed by atoms with Gasteiger partial charge in [-0.15, -0.1) is 0 Å². The van der Waals surface area contributed by atoms with E-state index in [1.54, 1.807) is 6.92 Å². The van der Waals surface area contributed by atoms with Crippen molar-refractivity contribution in [2.75, 3.05) is 13.7 Å². The Bertz CT molecular complexity index is 187. The highest BCUT2D eigenvalue weighted by Crippen LogP contribution is 2.12. The van der Waals surface area contributed by atoms with Crippen LogP contribution in [0.5, 0.6) is 0 Å². The Labute approximate surface area is 93.5 Å². The van der Waals surface area contributed by atoms with Gasteiger partial charge in [-0.3, -0.25) is 4.79 Å². The molecule has 7 nitrogen and oxygen atoms in total. The second-order valence-electron chi connectivity index (χ2n) is 3.08. The third-order valence-electron chi connectivity index (χ3n) is 2.01. The quantitative estimate of drug-likeness (QED) is 0.335. The summed E-state index contributed by atoms with van der Waals surface area (Å²) >= 11 is 0. The normalized spacial score (nSPS) is 18.6. The molecule has 96 valence electrons. The predicted molar refractivity (Wildman–Crippen MR) is 52.2 cm³/mol. The Morgan fingerprint density at radius 1 is 1.38 bits per heavy atom. The van der Waals surface area contributed by atoms with Crippen LogP contribution >= 0.6 is 0 Å². The largest absolute Gasteiger partial charge is 0.413 e. The molecule has 0 saturated heterocycles. The fraction of sp³-hybridized carbons (Fsp3) is 0.889. The highest BCUT2D eigenvalue weighted by Gasteiger charge is 2.28. The van der Waals surface area contributed by atoms with Crippen molar-refractivity contribution in [2.45, 2.75) is 38.1 Å². The van der Waals surface area contributed by atoms with Crippen LogP contribution in [0.3, 0.4) is 0 Å². The molecule has 0 amide bonds. The number of carbonyl (C=O) groups is 1. The van der Waals surface area contributed by atoms with Gasteiger partial charge < -0.3 is 29.5 Å². The van der Waals surface area contributed by atoms with Gasteiger partial charge in [-0.05, 0) is 6.42 Å². The highest BCUT2D eigenvalue weighted by atomic mass is 16.8. The maximum absolute atomic E-state index is 10.1. The zero-order valence-corrected chi connectivity index (χ0v) is 9.28. The summed E-state index contributed by atoms with van der Waals surface area (Å²) in [6, 6.07) is 0. The summed E-state index contributed by atoms with van der Waals surface area (Å²) in [4.78, 5) is 10.1. The molecule has 0 heterocycles. The van der Waals surface area contributed by atoms with Gasteiger partial charge >= 0.3 is 6.48 Å². The summed E-state index contributed by atoms with van der Waals surface area (Å²) in [5, 5.41) is 27.4. The molecule has 0 aliphatic rings. The van der Waals surface area contributed by atoms with Crippen LogP contribution in [0, 0.1) is 0 Å². The van der Waals surface area contributed by atoms with Crippen molar-refractivity contribution in [3.63, 3.8) is 0 Å². The van der Waals surface area contributed by atoms with Crippen molar-refractivity contribution in [1.29, 1.82) is 0 Å². The van der Waals surface area contributed by atoms with E-state index < -0.39 is 31.4 Å². The molecule has 0 aliphatic carbocycles. The van der Waals surface area contributed by atoms with Gasteiger partial charge in [-0.2, -0.15) is 0 Å². The third-order valence-corrected chi connectivity index (χ3v) is 2.01. The van der Waals surface area contributed by atoms with Gasteiger partial charge in [-0.25, -0.2) is 0 Å². The lowest BCUT2D eigenvalue weighted by atomic mass is 10.1. The van der Waals surface area contributed by atoms with Crippen molar-refractivity contribution >= 4 is 6.47 Å². The van der Waals surface area contributed by atoms with E-state index in [2.05, 4.69) is 9.47 Å². The fourth-order valence-electron chi connectivity index (χ4n) is 1.11. The van der Waals surface area contributed by atoms with Gasteiger partial charge in [0, 0.05) is 7.11 Å². The predicted octanol–water partition coefficient (Wildman–Crippen LogP) is -1.40. The molecule has 0 aromatic carbocycles. The SMILES string of the molecule is CCC(OC(OC)OC=O)C(O)C(O)CO. The Balaban J connectivity index is 4.30. The number of rotatable bonds is 9. The van der Waals surface area contributed by atoms with Gasteiger partial charge in [0.1, 0.15) is 12.2 Å². The number of hydrogen-bond donors (Lipinski definition) is 3. The van der Waals surface area contributed by atoms with Crippen LogP contribution in [-0.2, 0) is 19.0 Å². The van der Waals surface area contributed by atoms with Crippen LogP contribution in [-0.4, -0.2) is 60.3 Å². The van der Waals surface area contributed by atoms with Gasteiger partial charge in [0.2, 0.25) is 0 Å². The molecule has 0 radical (unpaired) electrons. The Morgan fingerprint density at radius 2 is 2.00 bits per heavy atom. The summed E-state index contributed by atoms with van der Waals surface area (Å²) in [5.41, 5.74) is 0. The summed E-state index contributed by atoms with van der Waals surface area (Å²) in [6.07, 6.45) is -3.08. The molecule has 0 saturated carbocycles. The van der Waals surface area contributed by atoms with Gasteiger partial charge in [0.15, 0.2) is 0 Å². The molecule has 0 aliphatic heterocycles. The van der Waals surface area contributed by atoms with Gasteiger partial charge in [0.25, 0.3) is 6.47 Å². The zero-order valence-electron chi connectivity index (χ0n) is 9.28. The van der Waals surface area contributed by atoms with E-state index in [1.165, 1.54) is 7.11 Å². The van der Waals surface area contributed by atoms with E-state index in [9.17, 15) is 15.0 Å². The molecular weight excluding hydrogens is 220 g/mol. The highest BCUT2D eigenvalue weighted by molar-refractivity contribution is 5.36. The number of aliphatic hydroxyl groups is 3. The monoisotopic (exact) mass is 238 g/mol. The first-order valence-electron chi connectivity index (χ1n) is 4.85. The van der Waals surface area contributed by atoms with Crippen LogP contribution in [0.15, 0.2) is 0 Å². The van der Waals surface area contributed by atoms with Crippen LogP contribution in [0.4, 0.5) is 0 Å². The molecule has 0 aromatic heterocycles. The van der Waals surface area contributed by atoms with E-state index in [1.807, 2.05) is 0 Å². The minimum absolute atomic E-state index is 0.149. The molecule has 0 bridgehead atoms. The molecule has 16 heavy (non-hydrogen) atoms. The molecule has 3 N–H and O–H groups in total. The summed E-state index contributed by atoms with van der Waals surface area (Å²) in [7, 11) is 1.26. The second kappa shape index (κ2) is 8.43. The minimum Gasteiger partial charge on any atom is -0.413 e. The summed E-state index contributed by atoms with van der Waals surface area (Å²) < 4.78 is 14.1. The first-order chi connectivity index (χ1) is 7.60. The molecule has 7 heteroatoms. The van der Waals surface area contributed by atoms with Crippen LogP contribution in [0.2, 0.25) is 0 Å². The average molecular weight is 238 g/mol. The van der Waals surface area contributed by atoms with Gasteiger partial charge in [0.05, 0.1) is 12.7 Å². The smallest absolute Gasteiger partial charge is 0.318 e. The van der Waals surface area contributed by atoms with Crippen LogP contribution < -0.4 is 0 Å². The first kappa shape index (κ1) is 15.3. The lowest BCUT2D eigenvalue weighted by Crippen LogP contribution is -2.43. The molecule has 0 fully saturated rings. The van der Waals surface area contributed by atoms with Gasteiger partial charge in [-0.1, -0.05) is 6.92 Å². The van der Waals surface area contributed by atoms with Crippen LogP contribution in [0.1, 0.15) is 13.3 Å². The van der Waals surface area contributed by atoms with E-state index >= 15 is 0 Å². The average Bonchev–Trinajstić information content (AvgIpc) is 2.32. The Hall–Kier alpha value is -0.730. The Kier molecular flexibility index (Phi) is 8.04. The topological polar surface area (TPSA) is 105 Å². The van der Waals surface area contributed by atoms with Crippen molar-refractivity contribution in [2.24, 2.45) is 0 Å². The maximum atomic E-state index is 10.1. The van der Waals surface area contributed by atoms with Crippen molar-refractivity contribution in [3.05, 3.63) is 0 Å². The summed E-state index contributed by atoms with van der Waals surface area (Å²) in [5.74, 6) is 0. The molecule has 0 spiro atoms. The zero-order chi connectivity index (χ0) is 12.6. The number of methoxy groups -OCH3 is 1. The van der Waals surface area contributed by atoms with Crippen molar-refractivity contribution < 1.29 is 34.3 Å². The van der Waals surface area contributed by atoms with E-state index in [-0.39, 0.29) is 6.47 Å². The lowest BCUT2D eigenvalue weighted by molar-refractivity contribution is -0.290. The first-order valence-corrected chi connectivity index (χ1v) is 4.85. The second-order valence-corrected chi connectivity index (χ2v) is 3.08. The third kappa shape index (κ3) is 4.86.